The van der Waals surface area contributed by atoms with Crippen molar-refractivity contribution < 1.29 is 9.21 Å². The zero-order chi connectivity index (χ0) is 27.4. The highest BCUT2D eigenvalue weighted by Gasteiger charge is 2.36. The predicted octanol–water partition coefficient (Wildman–Crippen LogP) is 5.81. The lowest BCUT2D eigenvalue weighted by atomic mass is 9.85. The molecule has 1 amide bonds. The maximum atomic E-state index is 13.6. The summed E-state index contributed by atoms with van der Waals surface area (Å²) in [5.41, 5.74) is 0.551. The van der Waals surface area contributed by atoms with E-state index in [4.69, 9.17) is 16.0 Å². The lowest BCUT2D eigenvalue weighted by Crippen LogP contribution is -2.39. The van der Waals surface area contributed by atoms with Gasteiger partial charge in [0.15, 0.2) is 0 Å². The number of para-hydroxylation sites is 1. The number of benzene rings is 2. The van der Waals surface area contributed by atoms with E-state index in [2.05, 4.69) is 16.7 Å². The van der Waals surface area contributed by atoms with Gasteiger partial charge in [0, 0.05) is 10.6 Å². The Bertz CT molecular complexity index is 1700. The van der Waals surface area contributed by atoms with Gasteiger partial charge in [-0.3, -0.25) is 14.4 Å². The maximum absolute atomic E-state index is 13.6. The van der Waals surface area contributed by atoms with Gasteiger partial charge in [-0.05, 0) is 48.7 Å². The number of furan rings is 1. The van der Waals surface area contributed by atoms with Crippen LogP contribution in [-0.4, -0.2) is 5.91 Å². The highest BCUT2D eigenvalue weighted by molar-refractivity contribution is 6.33. The quantitative estimate of drug-likeness (QED) is 0.303. The van der Waals surface area contributed by atoms with Gasteiger partial charge >= 0.3 is 0 Å². The van der Waals surface area contributed by atoms with Crippen molar-refractivity contribution in [3.63, 3.8) is 0 Å². The summed E-state index contributed by atoms with van der Waals surface area (Å²) in [6.07, 6.45) is 0. The molecule has 2 heterocycles. The summed E-state index contributed by atoms with van der Waals surface area (Å²) < 4.78 is 5.83. The first-order valence-corrected chi connectivity index (χ1v) is 12.4. The molecule has 0 fully saturated rings. The van der Waals surface area contributed by atoms with Crippen LogP contribution in [0.5, 0.6) is 0 Å². The molecule has 0 bridgehead atoms. The number of hydrogen-bond acceptors (Lipinski definition) is 7. The molecule has 0 spiro atoms. The monoisotopic (exact) mass is 528 g/mol. The van der Waals surface area contributed by atoms with E-state index in [-0.39, 0.29) is 29.2 Å². The smallest absolute Gasteiger partial charge is 0.261 e. The molecule has 8 nitrogen and oxygen atoms in total. The second-order valence-electron chi connectivity index (χ2n) is 10.4. The third-order valence-corrected chi connectivity index (χ3v) is 7.07. The minimum absolute atomic E-state index is 0.0701. The molecule has 1 atom stereocenters. The molecule has 2 N–H and O–H groups in total. The topological polar surface area (TPSA) is 115 Å². The standard InChI is InChI=1S/C29H25ClN4O4/c1-15-9-12-21(38-15)27(29(2,3)4)33-24-23(25(35)26(24)36)32-19-11-10-18(30)17-14-34(28(37)22(17)19)20-8-6-5-7-16(20)13-31/h5-12,27,32-33H,14H2,1-4H3/t27-/m0/s1. The fourth-order valence-electron chi connectivity index (χ4n) is 4.74. The van der Waals surface area contributed by atoms with Crippen LogP contribution in [0.25, 0.3) is 0 Å². The van der Waals surface area contributed by atoms with E-state index in [0.717, 1.165) is 5.76 Å². The van der Waals surface area contributed by atoms with E-state index in [1.807, 2.05) is 39.8 Å². The number of fused-ring (bicyclic) bond motifs is 1. The van der Waals surface area contributed by atoms with E-state index in [9.17, 15) is 19.6 Å². The van der Waals surface area contributed by atoms with Crippen molar-refractivity contribution in [1.29, 1.82) is 5.26 Å². The number of aryl methyl sites for hydroxylation is 1. The number of nitrogens with zero attached hydrogens (tertiary/aromatic N) is 2. The number of hydrogen-bond donors (Lipinski definition) is 2. The van der Waals surface area contributed by atoms with Crippen LogP contribution in [0.3, 0.4) is 0 Å². The molecule has 0 aliphatic carbocycles. The Morgan fingerprint density at radius 1 is 1.03 bits per heavy atom. The van der Waals surface area contributed by atoms with Gasteiger partial charge in [0.05, 0.1) is 35.1 Å². The number of nitrogens with one attached hydrogen (secondary N) is 2. The van der Waals surface area contributed by atoms with E-state index in [0.29, 0.717) is 38.8 Å². The number of amides is 1. The van der Waals surface area contributed by atoms with Crippen LogP contribution in [0.4, 0.5) is 22.7 Å². The maximum Gasteiger partial charge on any atom is 0.261 e. The molecule has 0 radical (unpaired) electrons. The number of nitriles is 1. The van der Waals surface area contributed by atoms with Crippen LogP contribution in [0.2, 0.25) is 5.02 Å². The third-order valence-electron chi connectivity index (χ3n) is 6.72. The molecule has 0 saturated carbocycles. The second kappa shape index (κ2) is 9.19. The molecule has 38 heavy (non-hydrogen) atoms. The summed E-state index contributed by atoms with van der Waals surface area (Å²) in [6, 6.07) is 15.5. The van der Waals surface area contributed by atoms with Gasteiger partial charge in [-0.25, -0.2) is 0 Å². The van der Waals surface area contributed by atoms with Crippen LogP contribution in [0.1, 0.15) is 59.8 Å². The number of halogens is 1. The summed E-state index contributed by atoms with van der Waals surface area (Å²) in [6.45, 7) is 8.00. The van der Waals surface area contributed by atoms with Crippen LogP contribution in [0, 0.1) is 23.7 Å². The Morgan fingerprint density at radius 3 is 2.39 bits per heavy atom. The molecule has 192 valence electrons. The predicted molar refractivity (Wildman–Crippen MR) is 147 cm³/mol. The van der Waals surface area contributed by atoms with Crippen molar-refractivity contribution in [3.05, 3.63) is 102 Å². The lowest BCUT2D eigenvalue weighted by molar-refractivity contribution is 0.0997. The average Bonchev–Trinajstić information content (AvgIpc) is 3.47. The normalized spacial score (nSPS) is 13.9. The Labute approximate surface area is 224 Å². The zero-order valence-corrected chi connectivity index (χ0v) is 22.1. The van der Waals surface area contributed by atoms with E-state index < -0.39 is 16.9 Å². The van der Waals surface area contributed by atoms with E-state index >= 15 is 0 Å². The van der Waals surface area contributed by atoms with Crippen LogP contribution in [-0.2, 0) is 6.54 Å². The zero-order valence-electron chi connectivity index (χ0n) is 21.3. The van der Waals surface area contributed by atoms with Gasteiger partial charge in [0.1, 0.15) is 29.0 Å². The number of rotatable bonds is 6. The van der Waals surface area contributed by atoms with E-state index in [1.165, 1.54) is 4.90 Å². The van der Waals surface area contributed by atoms with Crippen LogP contribution >= 0.6 is 11.6 Å². The Balaban J connectivity index is 1.51. The molecule has 3 aromatic carbocycles. The Hall–Kier alpha value is -4.35. The van der Waals surface area contributed by atoms with Gasteiger partial charge in [0.25, 0.3) is 16.8 Å². The number of anilines is 4. The van der Waals surface area contributed by atoms with E-state index in [1.54, 1.807) is 36.4 Å². The molecule has 5 rings (SSSR count). The molecule has 4 aromatic rings. The molecule has 0 saturated heterocycles. The summed E-state index contributed by atoms with van der Waals surface area (Å²) in [4.78, 5) is 40.4. The van der Waals surface area contributed by atoms with Crippen molar-refractivity contribution >= 4 is 40.3 Å². The first kappa shape index (κ1) is 25.3. The van der Waals surface area contributed by atoms with Gasteiger partial charge in [-0.15, -0.1) is 0 Å². The van der Waals surface area contributed by atoms with Crippen molar-refractivity contribution in [3.8, 4) is 6.07 Å². The summed E-state index contributed by atoms with van der Waals surface area (Å²) in [5.74, 6) is 1.01. The highest BCUT2D eigenvalue weighted by Crippen LogP contribution is 2.41. The lowest BCUT2D eigenvalue weighted by Gasteiger charge is -2.31. The summed E-state index contributed by atoms with van der Waals surface area (Å²) in [7, 11) is 0. The molecule has 0 unspecified atom stereocenters. The largest absolute Gasteiger partial charge is 0.464 e. The van der Waals surface area contributed by atoms with Crippen LogP contribution in [0.15, 0.2) is 62.5 Å². The molecular formula is C29H25ClN4O4. The second-order valence-corrected chi connectivity index (χ2v) is 10.8. The summed E-state index contributed by atoms with van der Waals surface area (Å²) in [5, 5.41) is 16.2. The fourth-order valence-corrected chi connectivity index (χ4v) is 4.96. The Kier molecular flexibility index (Phi) is 6.12. The number of carbonyl (C=O) groups excluding carboxylic acids is 1. The first-order chi connectivity index (χ1) is 18.0. The molecule has 1 aliphatic rings. The minimum Gasteiger partial charge on any atom is -0.464 e. The fraction of sp³-hybridized carbons (Fsp3) is 0.241. The van der Waals surface area contributed by atoms with Crippen molar-refractivity contribution in [2.24, 2.45) is 5.41 Å². The van der Waals surface area contributed by atoms with Crippen molar-refractivity contribution in [1.82, 2.24) is 0 Å². The van der Waals surface area contributed by atoms with Crippen LogP contribution < -0.4 is 26.4 Å². The third kappa shape index (κ3) is 4.15. The van der Waals surface area contributed by atoms with Crippen molar-refractivity contribution in [2.45, 2.75) is 40.3 Å². The molecule has 1 aromatic heterocycles. The van der Waals surface area contributed by atoms with Gasteiger partial charge in [-0.1, -0.05) is 44.5 Å². The molecule has 9 heteroatoms. The van der Waals surface area contributed by atoms with Gasteiger partial charge < -0.3 is 20.0 Å². The Morgan fingerprint density at radius 2 is 1.74 bits per heavy atom. The molecule has 1 aliphatic heterocycles. The first-order valence-electron chi connectivity index (χ1n) is 12.1. The summed E-state index contributed by atoms with van der Waals surface area (Å²) >= 11 is 6.46. The van der Waals surface area contributed by atoms with Gasteiger partial charge in [-0.2, -0.15) is 5.26 Å². The average molecular weight is 529 g/mol. The van der Waals surface area contributed by atoms with Gasteiger partial charge in [0.2, 0.25) is 0 Å². The highest BCUT2D eigenvalue weighted by atomic mass is 35.5. The minimum atomic E-state index is -0.684. The number of carbonyl (C=O) groups is 1. The van der Waals surface area contributed by atoms with Crippen molar-refractivity contribution in [2.75, 3.05) is 15.5 Å². The molecular weight excluding hydrogens is 504 g/mol. The SMILES string of the molecule is Cc1ccc([C@H](Nc2c(Nc3ccc(Cl)c4c3C(=O)N(c3ccccc3C#N)C4)c(=O)c2=O)C(C)(C)C)o1.